The number of carbonyl (C=O) groups is 1. The molecule has 0 atom stereocenters. The van der Waals surface area contributed by atoms with Crippen molar-refractivity contribution in [1.29, 1.82) is 0 Å². The Bertz CT molecular complexity index is 496. The summed E-state index contributed by atoms with van der Waals surface area (Å²) in [4.78, 5) is 11.7. The zero-order valence-corrected chi connectivity index (χ0v) is 13.9. The molecule has 1 rings (SSSR count). The number of nitrogen functional groups attached to an aromatic ring is 1. The van der Waals surface area contributed by atoms with Crippen molar-refractivity contribution in [1.82, 2.24) is 5.32 Å². The third kappa shape index (κ3) is 7.16. The fourth-order valence-electron chi connectivity index (χ4n) is 1.88. The van der Waals surface area contributed by atoms with Crippen molar-refractivity contribution in [3.05, 3.63) is 29.8 Å². The van der Waals surface area contributed by atoms with Crippen LogP contribution in [0.3, 0.4) is 0 Å². The van der Waals surface area contributed by atoms with Gasteiger partial charge in [0.25, 0.3) is 0 Å². The quantitative estimate of drug-likeness (QED) is 0.416. The highest BCUT2D eigenvalue weighted by molar-refractivity contribution is 5.91. The molecule has 0 heterocycles. The van der Waals surface area contributed by atoms with Crippen LogP contribution in [-0.2, 0) is 4.79 Å². The Hall–Kier alpha value is -1.97. The van der Waals surface area contributed by atoms with Crippen LogP contribution in [0.4, 0.5) is 5.69 Å². The lowest BCUT2D eigenvalue weighted by Gasteiger charge is -2.11. The molecule has 122 valence electrons. The van der Waals surface area contributed by atoms with E-state index in [0.29, 0.717) is 24.0 Å². The number of benzene rings is 1. The molecule has 0 unspecified atom stereocenters. The van der Waals surface area contributed by atoms with E-state index in [1.165, 1.54) is 6.08 Å². The summed E-state index contributed by atoms with van der Waals surface area (Å²) in [6, 6.07) is 5.56. The smallest absolute Gasteiger partial charge is 0.243 e. The predicted molar refractivity (Wildman–Crippen MR) is 92.8 cm³/mol. The molecule has 0 radical (unpaired) electrons. The van der Waals surface area contributed by atoms with Crippen LogP contribution in [0.25, 0.3) is 6.08 Å². The van der Waals surface area contributed by atoms with E-state index in [1.54, 1.807) is 6.08 Å². The Morgan fingerprint density at radius 1 is 1.36 bits per heavy atom. The van der Waals surface area contributed by atoms with Gasteiger partial charge in [-0.15, -0.1) is 0 Å². The maximum absolute atomic E-state index is 11.7. The van der Waals surface area contributed by atoms with Crippen molar-refractivity contribution < 1.29 is 9.53 Å². The molecule has 0 aliphatic rings. The van der Waals surface area contributed by atoms with Crippen LogP contribution in [0, 0.1) is 5.92 Å². The number of hydrogen-bond acceptors (Lipinski definition) is 3. The molecule has 0 aliphatic carbocycles. The largest absolute Gasteiger partial charge is 0.491 e. The molecule has 0 aliphatic heterocycles. The maximum Gasteiger partial charge on any atom is 0.243 e. The number of hydrogen-bond donors (Lipinski definition) is 2. The van der Waals surface area contributed by atoms with Gasteiger partial charge in [-0.2, -0.15) is 0 Å². The van der Waals surface area contributed by atoms with E-state index in [2.05, 4.69) is 26.1 Å². The summed E-state index contributed by atoms with van der Waals surface area (Å²) in [6.45, 7) is 7.68. The van der Waals surface area contributed by atoms with Gasteiger partial charge in [0.2, 0.25) is 5.91 Å². The summed E-state index contributed by atoms with van der Waals surface area (Å²) in [5, 5.41) is 2.86. The number of carbonyl (C=O) groups excluding carboxylic acids is 1. The molecule has 4 nitrogen and oxygen atoms in total. The van der Waals surface area contributed by atoms with Crippen LogP contribution in [0.15, 0.2) is 24.3 Å². The van der Waals surface area contributed by atoms with Gasteiger partial charge >= 0.3 is 0 Å². The fourth-order valence-corrected chi connectivity index (χ4v) is 1.88. The van der Waals surface area contributed by atoms with E-state index >= 15 is 0 Å². The highest BCUT2D eigenvalue weighted by atomic mass is 16.5. The van der Waals surface area contributed by atoms with Gasteiger partial charge in [0.05, 0.1) is 12.3 Å². The van der Waals surface area contributed by atoms with Gasteiger partial charge in [-0.25, -0.2) is 0 Å². The van der Waals surface area contributed by atoms with Crippen LogP contribution in [0.5, 0.6) is 5.75 Å². The normalized spacial score (nSPS) is 11.1. The SMILES string of the molecule is CCCCCNC(=O)/C=C\c1ccc(OCC(C)C)c(N)c1. The molecule has 0 fully saturated rings. The van der Waals surface area contributed by atoms with Gasteiger partial charge in [-0.1, -0.05) is 39.7 Å². The van der Waals surface area contributed by atoms with Crippen LogP contribution >= 0.6 is 0 Å². The first-order valence-electron chi connectivity index (χ1n) is 8.01. The van der Waals surface area contributed by atoms with Crippen molar-refractivity contribution in [2.45, 2.75) is 40.0 Å². The minimum atomic E-state index is -0.0743. The van der Waals surface area contributed by atoms with Crippen LogP contribution in [0.2, 0.25) is 0 Å². The molecule has 0 saturated carbocycles. The van der Waals surface area contributed by atoms with Crippen molar-refractivity contribution >= 4 is 17.7 Å². The fraction of sp³-hybridized carbons (Fsp3) is 0.500. The number of amides is 1. The Morgan fingerprint density at radius 3 is 2.77 bits per heavy atom. The molecule has 3 N–H and O–H groups in total. The Kier molecular flexibility index (Phi) is 8.11. The van der Waals surface area contributed by atoms with Crippen molar-refractivity contribution in [3.8, 4) is 5.75 Å². The number of anilines is 1. The van der Waals surface area contributed by atoms with E-state index in [9.17, 15) is 4.79 Å². The highest BCUT2D eigenvalue weighted by Crippen LogP contribution is 2.23. The minimum Gasteiger partial charge on any atom is -0.491 e. The van der Waals surface area contributed by atoms with Crippen molar-refractivity contribution in [2.24, 2.45) is 5.92 Å². The second-order valence-corrected chi connectivity index (χ2v) is 5.83. The number of unbranched alkanes of at least 4 members (excludes halogenated alkanes) is 2. The van der Waals surface area contributed by atoms with Gasteiger partial charge in [-0.3, -0.25) is 4.79 Å². The Labute approximate surface area is 133 Å². The van der Waals surface area contributed by atoms with Crippen molar-refractivity contribution in [3.63, 3.8) is 0 Å². The molecule has 1 aromatic rings. The molecule has 0 spiro atoms. The third-order valence-corrected chi connectivity index (χ3v) is 3.11. The summed E-state index contributed by atoms with van der Waals surface area (Å²) >= 11 is 0. The number of rotatable bonds is 9. The van der Waals surface area contributed by atoms with E-state index in [0.717, 1.165) is 31.4 Å². The number of ether oxygens (including phenoxy) is 1. The lowest BCUT2D eigenvalue weighted by molar-refractivity contribution is -0.116. The van der Waals surface area contributed by atoms with Crippen molar-refractivity contribution in [2.75, 3.05) is 18.9 Å². The van der Waals surface area contributed by atoms with Gasteiger partial charge in [-0.05, 0) is 36.1 Å². The second-order valence-electron chi connectivity index (χ2n) is 5.83. The number of nitrogens with two attached hydrogens (primary N) is 1. The zero-order valence-electron chi connectivity index (χ0n) is 13.9. The van der Waals surface area contributed by atoms with Crippen LogP contribution in [-0.4, -0.2) is 19.1 Å². The molecule has 1 amide bonds. The van der Waals surface area contributed by atoms with Gasteiger partial charge in [0.1, 0.15) is 5.75 Å². The lowest BCUT2D eigenvalue weighted by atomic mass is 10.1. The second kappa shape index (κ2) is 9.87. The molecule has 1 aromatic carbocycles. The molecular formula is C18H28N2O2. The molecule has 4 heteroatoms. The predicted octanol–water partition coefficient (Wildman–Crippen LogP) is 3.62. The topological polar surface area (TPSA) is 64.3 Å². The Morgan fingerprint density at radius 2 is 2.14 bits per heavy atom. The van der Waals surface area contributed by atoms with Crippen LogP contribution < -0.4 is 15.8 Å². The summed E-state index contributed by atoms with van der Waals surface area (Å²) in [7, 11) is 0. The minimum absolute atomic E-state index is 0.0743. The first-order valence-corrected chi connectivity index (χ1v) is 8.01. The first-order chi connectivity index (χ1) is 10.5. The number of nitrogens with one attached hydrogen (secondary N) is 1. The van der Waals surface area contributed by atoms with Gasteiger partial charge in [0, 0.05) is 12.6 Å². The summed E-state index contributed by atoms with van der Waals surface area (Å²) < 4.78 is 5.63. The maximum atomic E-state index is 11.7. The van der Waals surface area contributed by atoms with E-state index in [-0.39, 0.29) is 5.91 Å². The lowest BCUT2D eigenvalue weighted by Crippen LogP contribution is -2.21. The average molecular weight is 304 g/mol. The summed E-state index contributed by atoms with van der Waals surface area (Å²) in [6.07, 6.45) is 6.60. The first kappa shape index (κ1) is 18.1. The monoisotopic (exact) mass is 304 g/mol. The Balaban J connectivity index is 2.50. The summed E-state index contributed by atoms with van der Waals surface area (Å²) in [5.74, 6) is 1.07. The standard InChI is InChI=1S/C18H28N2O2/c1-4-5-6-11-20-18(21)10-8-15-7-9-17(16(19)12-15)22-13-14(2)3/h7-10,12,14H,4-6,11,13,19H2,1-3H3,(H,20,21)/b10-8-. The van der Waals surface area contributed by atoms with Gasteiger partial charge < -0.3 is 15.8 Å². The summed E-state index contributed by atoms with van der Waals surface area (Å²) in [5.41, 5.74) is 7.44. The van der Waals surface area contributed by atoms with E-state index < -0.39 is 0 Å². The zero-order chi connectivity index (χ0) is 16.4. The molecular weight excluding hydrogens is 276 g/mol. The molecule has 0 aromatic heterocycles. The van der Waals surface area contributed by atoms with E-state index in [1.807, 2.05) is 18.2 Å². The highest BCUT2D eigenvalue weighted by Gasteiger charge is 2.03. The van der Waals surface area contributed by atoms with E-state index in [4.69, 9.17) is 10.5 Å². The third-order valence-electron chi connectivity index (χ3n) is 3.11. The molecule has 0 saturated heterocycles. The van der Waals surface area contributed by atoms with Gasteiger partial charge in [0.15, 0.2) is 0 Å². The molecule has 22 heavy (non-hydrogen) atoms. The van der Waals surface area contributed by atoms with Crippen LogP contribution in [0.1, 0.15) is 45.6 Å². The molecule has 0 bridgehead atoms. The average Bonchev–Trinajstić information content (AvgIpc) is 2.48.